The second-order valence-electron chi connectivity index (χ2n) is 7.12. The maximum Gasteiger partial charge on any atom is 0.252 e. The first-order valence-electron chi connectivity index (χ1n) is 9.00. The van der Waals surface area contributed by atoms with Gasteiger partial charge in [0.2, 0.25) is 0 Å². The molecule has 1 aromatic carbocycles. The molecule has 140 valence electrons. The Morgan fingerprint density at radius 3 is 2.74 bits per heavy atom. The average molecular weight is 364 g/mol. The van der Waals surface area contributed by atoms with Crippen molar-refractivity contribution < 1.29 is 9.90 Å². The Kier molecular flexibility index (Phi) is 5.15. The lowest BCUT2D eigenvalue weighted by molar-refractivity contribution is -0.121. The van der Waals surface area contributed by atoms with E-state index < -0.39 is 12.1 Å². The summed E-state index contributed by atoms with van der Waals surface area (Å²) < 4.78 is 0. The molecule has 0 aliphatic carbocycles. The van der Waals surface area contributed by atoms with Crippen molar-refractivity contribution in [3.63, 3.8) is 0 Å². The third-order valence-electron chi connectivity index (χ3n) is 5.05. The molecule has 3 rings (SSSR count). The summed E-state index contributed by atoms with van der Waals surface area (Å²) in [4.78, 5) is 21.1. The van der Waals surface area contributed by atoms with Crippen LogP contribution in [0, 0.1) is 32.1 Å². The van der Waals surface area contributed by atoms with E-state index in [0.717, 1.165) is 22.5 Å². The molecule has 1 N–H and O–H groups in total. The summed E-state index contributed by atoms with van der Waals surface area (Å²) in [5, 5.41) is 20.1. The zero-order chi connectivity index (χ0) is 19.7. The van der Waals surface area contributed by atoms with E-state index in [4.69, 9.17) is 0 Å². The number of hydrogen-bond acceptors (Lipinski definition) is 5. The zero-order valence-corrected chi connectivity index (χ0v) is 16.1. The van der Waals surface area contributed by atoms with E-state index in [-0.39, 0.29) is 5.91 Å². The van der Waals surface area contributed by atoms with Crippen molar-refractivity contribution in [3.05, 3.63) is 52.7 Å². The van der Waals surface area contributed by atoms with E-state index in [9.17, 15) is 15.2 Å². The molecule has 2 aromatic rings. The van der Waals surface area contributed by atoms with Crippen LogP contribution in [-0.2, 0) is 4.79 Å². The first-order chi connectivity index (χ1) is 12.8. The van der Waals surface area contributed by atoms with Crippen molar-refractivity contribution in [1.29, 1.82) is 5.26 Å². The lowest BCUT2D eigenvalue weighted by atomic mass is 10.1. The van der Waals surface area contributed by atoms with E-state index in [1.54, 1.807) is 16.8 Å². The number of aliphatic hydroxyl groups is 1. The number of anilines is 2. The van der Waals surface area contributed by atoms with Gasteiger partial charge in [0.25, 0.3) is 5.91 Å². The van der Waals surface area contributed by atoms with E-state index in [0.29, 0.717) is 24.3 Å². The van der Waals surface area contributed by atoms with Crippen LogP contribution in [0.2, 0.25) is 0 Å². The summed E-state index contributed by atoms with van der Waals surface area (Å²) in [6.07, 6.45) is -0.351. The second kappa shape index (κ2) is 7.37. The molecule has 1 aromatic heterocycles. The number of carbonyl (C=O) groups excluding carboxylic acids is 1. The van der Waals surface area contributed by atoms with Crippen LogP contribution >= 0.6 is 0 Å². The van der Waals surface area contributed by atoms with Gasteiger partial charge in [0.15, 0.2) is 0 Å². The number of pyridine rings is 1. The molecule has 0 saturated carbocycles. The van der Waals surface area contributed by atoms with Crippen LogP contribution in [0.1, 0.15) is 28.8 Å². The van der Waals surface area contributed by atoms with Gasteiger partial charge in [-0.15, -0.1) is 0 Å². The first-order valence-corrected chi connectivity index (χ1v) is 9.00. The van der Waals surface area contributed by atoms with Crippen molar-refractivity contribution in [3.8, 4) is 6.07 Å². The highest BCUT2D eigenvalue weighted by Gasteiger charge is 2.41. The molecular formula is C21H24N4O2. The number of amides is 1. The summed E-state index contributed by atoms with van der Waals surface area (Å²) in [5.74, 6) is 0.262. The van der Waals surface area contributed by atoms with Crippen molar-refractivity contribution in [1.82, 2.24) is 4.98 Å². The summed E-state index contributed by atoms with van der Waals surface area (Å²) in [6.45, 7) is 6.17. The molecule has 2 unspecified atom stereocenters. The SMILES string of the molecule is Cc1cccc(N(C)C(=O)C2C(O)CCN2c2nc(C)cc(C)c2C#N)c1. The highest BCUT2D eigenvalue weighted by Crippen LogP contribution is 2.31. The van der Waals surface area contributed by atoms with E-state index >= 15 is 0 Å². The lowest BCUT2D eigenvalue weighted by Gasteiger charge is -2.31. The lowest BCUT2D eigenvalue weighted by Crippen LogP contribution is -2.49. The van der Waals surface area contributed by atoms with Crippen molar-refractivity contribution in [2.45, 2.75) is 39.3 Å². The summed E-state index contributed by atoms with van der Waals surface area (Å²) in [5.41, 5.74) is 3.87. The summed E-state index contributed by atoms with van der Waals surface area (Å²) >= 11 is 0. The number of aliphatic hydroxyl groups excluding tert-OH is 1. The van der Waals surface area contributed by atoms with Crippen molar-refractivity contribution >= 4 is 17.4 Å². The predicted molar refractivity (Wildman–Crippen MR) is 105 cm³/mol. The molecule has 1 aliphatic rings. The summed E-state index contributed by atoms with van der Waals surface area (Å²) in [7, 11) is 1.71. The van der Waals surface area contributed by atoms with Gasteiger partial charge in [0.05, 0.1) is 11.7 Å². The number of nitriles is 1. The van der Waals surface area contributed by atoms with Gasteiger partial charge >= 0.3 is 0 Å². The van der Waals surface area contributed by atoms with Gasteiger partial charge in [-0.3, -0.25) is 4.79 Å². The summed E-state index contributed by atoms with van der Waals surface area (Å²) in [6, 6.07) is 11.0. The number of likely N-dealkylation sites (N-methyl/N-ethyl adjacent to an activating group) is 1. The Morgan fingerprint density at radius 1 is 1.33 bits per heavy atom. The third kappa shape index (κ3) is 3.51. The Bertz CT molecular complexity index is 919. The third-order valence-corrected chi connectivity index (χ3v) is 5.05. The molecule has 1 saturated heterocycles. The van der Waals surface area contributed by atoms with Crippen LogP contribution in [0.3, 0.4) is 0 Å². The maximum atomic E-state index is 13.2. The van der Waals surface area contributed by atoms with E-state index in [1.165, 1.54) is 0 Å². The molecule has 2 atom stereocenters. The first kappa shape index (κ1) is 18.9. The van der Waals surface area contributed by atoms with Crippen LogP contribution < -0.4 is 9.80 Å². The number of aromatic nitrogens is 1. The quantitative estimate of drug-likeness (QED) is 0.905. The number of benzene rings is 1. The van der Waals surface area contributed by atoms with Crippen LogP contribution in [0.4, 0.5) is 11.5 Å². The molecule has 1 aliphatic heterocycles. The Morgan fingerprint density at radius 2 is 2.07 bits per heavy atom. The molecular weight excluding hydrogens is 340 g/mol. The van der Waals surface area contributed by atoms with Gasteiger partial charge in [-0.25, -0.2) is 4.98 Å². The van der Waals surface area contributed by atoms with Crippen molar-refractivity contribution in [2.24, 2.45) is 0 Å². The molecule has 27 heavy (non-hydrogen) atoms. The Balaban J connectivity index is 1.99. The molecule has 0 bridgehead atoms. The van der Waals surface area contributed by atoms with Gasteiger partial charge in [-0.05, 0) is 56.5 Å². The number of nitrogens with zero attached hydrogens (tertiary/aromatic N) is 4. The van der Waals surface area contributed by atoms with Crippen LogP contribution in [0.15, 0.2) is 30.3 Å². The molecule has 6 heteroatoms. The van der Waals surface area contributed by atoms with E-state index in [1.807, 2.05) is 51.1 Å². The number of hydrogen-bond donors (Lipinski definition) is 1. The standard InChI is InChI=1S/C21H24N4O2/c1-13-6-5-7-16(10-13)24(4)21(27)19-18(26)8-9-25(19)20-17(12-22)14(2)11-15(3)23-20/h5-7,10-11,18-19,26H,8-9H2,1-4H3. The van der Waals surface area contributed by atoms with Crippen molar-refractivity contribution in [2.75, 3.05) is 23.4 Å². The molecule has 2 heterocycles. The largest absolute Gasteiger partial charge is 0.390 e. The van der Waals surface area contributed by atoms with Crippen LogP contribution in [-0.4, -0.2) is 41.7 Å². The fourth-order valence-electron chi connectivity index (χ4n) is 3.64. The highest BCUT2D eigenvalue weighted by atomic mass is 16.3. The van der Waals surface area contributed by atoms with Crippen LogP contribution in [0.25, 0.3) is 0 Å². The minimum absolute atomic E-state index is 0.213. The normalized spacial score (nSPS) is 19.0. The smallest absolute Gasteiger partial charge is 0.252 e. The maximum absolute atomic E-state index is 13.2. The molecule has 0 spiro atoms. The van der Waals surface area contributed by atoms with E-state index in [2.05, 4.69) is 11.1 Å². The van der Waals surface area contributed by atoms with Gasteiger partial charge in [-0.1, -0.05) is 12.1 Å². The molecule has 0 radical (unpaired) electrons. The number of aryl methyl sites for hydroxylation is 3. The molecule has 1 amide bonds. The number of rotatable bonds is 3. The minimum atomic E-state index is -0.807. The second-order valence-corrected chi connectivity index (χ2v) is 7.12. The van der Waals surface area contributed by atoms with Gasteiger partial charge in [-0.2, -0.15) is 5.26 Å². The minimum Gasteiger partial charge on any atom is -0.390 e. The molecule has 1 fully saturated rings. The van der Waals surface area contributed by atoms with Gasteiger partial charge in [0.1, 0.15) is 17.9 Å². The topological polar surface area (TPSA) is 80.5 Å². The van der Waals surface area contributed by atoms with Gasteiger partial charge in [0, 0.05) is 25.0 Å². The number of carbonyl (C=O) groups is 1. The van der Waals surface area contributed by atoms with Crippen LogP contribution in [0.5, 0.6) is 0 Å². The average Bonchev–Trinajstić information content (AvgIpc) is 3.01. The monoisotopic (exact) mass is 364 g/mol. The fourth-order valence-corrected chi connectivity index (χ4v) is 3.64. The Hall–Kier alpha value is -2.91. The Labute approximate surface area is 159 Å². The van der Waals surface area contributed by atoms with Gasteiger partial charge < -0.3 is 14.9 Å². The zero-order valence-electron chi connectivity index (χ0n) is 16.1. The predicted octanol–water partition coefficient (Wildman–Crippen LogP) is 2.48. The highest BCUT2D eigenvalue weighted by molar-refractivity contribution is 5.99. The fraction of sp³-hybridized carbons (Fsp3) is 0.381. The molecule has 6 nitrogen and oxygen atoms in total.